The van der Waals surface area contributed by atoms with Gasteiger partial charge in [0.2, 0.25) is 0 Å². The molecule has 0 atom stereocenters. The van der Waals surface area contributed by atoms with Gasteiger partial charge in [0.25, 0.3) is 0 Å². The summed E-state index contributed by atoms with van der Waals surface area (Å²) in [6.07, 6.45) is 1.40. The molecular weight excluding hydrogens is 737 g/mol. The van der Waals surface area contributed by atoms with Crippen LogP contribution in [0.4, 0.5) is 0 Å². The van der Waals surface area contributed by atoms with Crippen LogP contribution >= 0.6 is 0 Å². The van der Waals surface area contributed by atoms with Gasteiger partial charge < -0.3 is 24.2 Å². The molecule has 2 N–H and O–H groups in total. The highest BCUT2D eigenvalue weighted by molar-refractivity contribution is 6.03. The average molecular weight is 785 g/mol. The highest BCUT2D eigenvalue weighted by atomic mass is 17.2. The first-order valence-electron chi connectivity index (χ1n) is 18.7. The van der Waals surface area contributed by atoms with Crippen LogP contribution in [0.5, 0.6) is 23.0 Å². The quantitative estimate of drug-likeness (QED) is 0.0423. The van der Waals surface area contributed by atoms with Gasteiger partial charge in [0, 0.05) is 0 Å². The van der Waals surface area contributed by atoms with Gasteiger partial charge in [0.1, 0.15) is 30.5 Å². The van der Waals surface area contributed by atoms with Crippen LogP contribution in [0.15, 0.2) is 146 Å². The van der Waals surface area contributed by atoms with Crippen LogP contribution in [-0.4, -0.2) is 36.0 Å². The molecule has 0 saturated carbocycles. The van der Waals surface area contributed by atoms with Crippen LogP contribution in [-0.2, 0) is 35.8 Å². The number of carboxylic acid groups (broad SMARTS) is 1. The lowest BCUT2D eigenvalue weighted by Gasteiger charge is -2.18. The van der Waals surface area contributed by atoms with E-state index in [4.69, 9.17) is 29.2 Å². The van der Waals surface area contributed by atoms with E-state index in [1.165, 1.54) is 11.6 Å². The monoisotopic (exact) mass is 784 g/mol. The van der Waals surface area contributed by atoms with E-state index in [9.17, 15) is 14.7 Å². The number of hydrogen-bond acceptors (Lipinski definition) is 9. The highest BCUT2D eigenvalue weighted by Crippen LogP contribution is 2.24. The van der Waals surface area contributed by atoms with Crippen molar-refractivity contribution in [1.29, 1.82) is 0 Å². The molecule has 0 saturated heterocycles. The second-order valence-corrected chi connectivity index (χ2v) is 14.6. The number of hydrogen-bond donors (Lipinski definition) is 2. The lowest BCUT2D eigenvalue weighted by Crippen LogP contribution is -2.17. The van der Waals surface area contributed by atoms with Gasteiger partial charge in [-0.15, -0.1) is 0 Å². The molecule has 58 heavy (non-hydrogen) atoms. The third-order valence-corrected chi connectivity index (χ3v) is 8.66. The Balaban J connectivity index is 0.000000223. The van der Waals surface area contributed by atoms with Crippen LogP contribution < -0.4 is 19.1 Å². The molecule has 0 aliphatic carbocycles. The smallest absolute Gasteiger partial charge is 0.344 e. The first-order chi connectivity index (χ1) is 28.0. The highest BCUT2D eigenvalue weighted by Gasteiger charge is 2.20. The average Bonchev–Trinajstić information content (AvgIpc) is 3.22. The molecule has 0 amide bonds. The lowest BCUT2D eigenvalue weighted by atomic mass is 9.99. The number of esters is 1. The van der Waals surface area contributed by atoms with E-state index in [1.54, 1.807) is 67.8 Å². The summed E-state index contributed by atoms with van der Waals surface area (Å²) in [5.74, 6) is 0.429. The maximum atomic E-state index is 12.8. The van der Waals surface area contributed by atoms with Crippen molar-refractivity contribution in [3.63, 3.8) is 0 Å². The fourth-order valence-corrected chi connectivity index (χ4v) is 5.71. The van der Waals surface area contributed by atoms with Crippen molar-refractivity contribution in [2.75, 3.05) is 13.7 Å². The van der Waals surface area contributed by atoms with Crippen LogP contribution in [0, 0.1) is 5.41 Å². The number of benzene rings is 6. The van der Waals surface area contributed by atoms with E-state index in [2.05, 4.69) is 37.8 Å². The minimum Gasteiger partial charge on any atom is -0.497 e. The maximum Gasteiger partial charge on any atom is 0.344 e. The number of carbonyl (C=O) groups excluding carboxylic acids is 1. The lowest BCUT2D eigenvalue weighted by molar-refractivity contribution is -0.253. The van der Waals surface area contributed by atoms with Crippen molar-refractivity contribution in [1.82, 2.24) is 0 Å². The van der Waals surface area contributed by atoms with Gasteiger partial charge in [-0.3, -0.25) is 5.26 Å². The summed E-state index contributed by atoms with van der Waals surface area (Å²) in [5, 5.41) is 18.3. The van der Waals surface area contributed by atoms with Crippen molar-refractivity contribution in [2.45, 2.75) is 46.8 Å². The zero-order valence-corrected chi connectivity index (χ0v) is 33.1. The Hall–Kier alpha value is -6.46. The van der Waals surface area contributed by atoms with Gasteiger partial charge in [0.15, 0.2) is 5.75 Å². The molecular formula is C48H48O10. The molecule has 0 fully saturated rings. The fraction of sp³-hybridized carbons (Fsp3) is 0.208. The Morgan fingerprint density at radius 1 is 0.569 bits per heavy atom. The normalized spacial score (nSPS) is 10.8. The minimum atomic E-state index is -1.18. The minimum absolute atomic E-state index is 0.0222. The number of aromatic carboxylic acids is 1. The first kappa shape index (κ1) is 42.7. The topological polar surface area (TPSA) is 130 Å². The second kappa shape index (κ2) is 21.2. The molecule has 0 unspecified atom stereocenters. The molecule has 0 bridgehead atoms. The third-order valence-electron chi connectivity index (χ3n) is 8.66. The van der Waals surface area contributed by atoms with Crippen LogP contribution in [0.3, 0.4) is 0 Å². The predicted molar refractivity (Wildman–Crippen MR) is 221 cm³/mol. The van der Waals surface area contributed by atoms with E-state index in [0.717, 1.165) is 40.0 Å². The largest absolute Gasteiger partial charge is 0.497 e. The van der Waals surface area contributed by atoms with E-state index >= 15 is 0 Å². The molecule has 0 radical (unpaired) electrons. The van der Waals surface area contributed by atoms with E-state index < -0.39 is 11.9 Å². The SMILES string of the molecule is CC(C)(C)COc1ccc(OC(=O)c2cc(Cc3ccccc3)ccc2C(=O)O)cc1.COc1ccc(OOCc2cc(Cc3ccccc3)ccc2COO)cc1. The Morgan fingerprint density at radius 3 is 1.69 bits per heavy atom. The number of carboxylic acids is 1. The molecule has 0 aliphatic rings. The van der Waals surface area contributed by atoms with E-state index in [-0.39, 0.29) is 29.8 Å². The van der Waals surface area contributed by atoms with Gasteiger partial charge in [0.05, 0.1) is 24.8 Å². The van der Waals surface area contributed by atoms with Crippen molar-refractivity contribution in [3.05, 3.63) is 190 Å². The standard InChI is InChI=1S/C26H26O5.C22H22O5/c1-26(2,3)17-30-20-10-12-21(13-11-20)31-25(29)23-16-19(9-14-22(23)24(27)28)15-18-7-5-4-6-8-18;1-24-21-9-11-22(12-10-21)27-26-16-20-14-18(7-8-19(20)15-25-23)13-17-5-3-2-4-6-17/h4-14,16H,15,17H2,1-3H3,(H,27,28);2-12,14,23H,13,15-16H2,1H3. The Kier molecular flexibility index (Phi) is 15.6. The van der Waals surface area contributed by atoms with E-state index in [0.29, 0.717) is 30.3 Å². The van der Waals surface area contributed by atoms with E-state index in [1.807, 2.05) is 66.7 Å². The number of methoxy groups -OCH3 is 1. The summed E-state index contributed by atoms with van der Waals surface area (Å²) >= 11 is 0. The molecule has 300 valence electrons. The third kappa shape index (κ3) is 13.6. The molecule has 0 aliphatic heterocycles. The Labute approximate surface area is 339 Å². The summed E-state index contributed by atoms with van der Waals surface area (Å²) in [6.45, 7) is 7.11. The molecule has 6 aromatic carbocycles. The molecule has 6 rings (SSSR count). The number of carbonyl (C=O) groups is 2. The molecule has 0 spiro atoms. The van der Waals surface area contributed by atoms with Gasteiger partial charge in [-0.05, 0) is 112 Å². The maximum absolute atomic E-state index is 12.8. The summed E-state index contributed by atoms with van der Waals surface area (Å²) < 4.78 is 16.3. The second-order valence-electron chi connectivity index (χ2n) is 14.6. The zero-order valence-electron chi connectivity index (χ0n) is 33.1. The molecule has 6 aromatic rings. The van der Waals surface area contributed by atoms with Crippen molar-refractivity contribution >= 4 is 11.9 Å². The van der Waals surface area contributed by atoms with Crippen LogP contribution in [0.2, 0.25) is 0 Å². The van der Waals surface area contributed by atoms with Crippen LogP contribution in [0.1, 0.15) is 74.9 Å². The number of rotatable bonds is 16. The van der Waals surface area contributed by atoms with Crippen molar-refractivity contribution in [3.8, 4) is 23.0 Å². The zero-order chi connectivity index (χ0) is 41.3. The molecule has 10 heteroatoms. The fourth-order valence-electron chi connectivity index (χ4n) is 5.71. The summed E-state index contributed by atoms with van der Waals surface area (Å²) in [4.78, 5) is 39.4. The van der Waals surface area contributed by atoms with Gasteiger partial charge in [-0.1, -0.05) is 106 Å². The molecule has 0 aromatic heterocycles. The van der Waals surface area contributed by atoms with Gasteiger partial charge in [-0.2, -0.15) is 4.89 Å². The van der Waals surface area contributed by atoms with Crippen molar-refractivity contribution < 1.29 is 48.8 Å². The van der Waals surface area contributed by atoms with Crippen LogP contribution in [0.25, 0.3) is 0 Å². The molecule has 0 heterocycles. The van der Waals surface area contributed by atoms with Gasteiger partial charge >= 0.3 is 11.9 Å². The Morgan fingerprint density at radius 2 is 1.12 bits per heavy atom. The van der Waals surface area contributed by atoms with Gasteiger partial charge in [-0.25, -0.2) is 14.5 Å². The first-order valence-corrected chi connectivity index (χ1v) is 18.7. The summed E-state index contributed by atoms with van der Waals surface area (Å²) in [5.41, 5.74) is 5.96. The molecule has 10 nitrogen and oxygen atoms in total. The predicted octanol–water partition coefficient (Wildman–Crippen LogP) is 10.4. The summed E-state index contributed by atoms with van der Waals surface area (Å²) in [6, 6.07) is 44.6. The summed E-state index contributed by atoms with van der Waals surface area (Å²) in [7, 11) is 1.61. The number of ether oxygens (including phenoxy) is 3. The van der Waals surface area contributed by atoms with Crippen molar-refractivity contribution in [2.24, 2.45) is 5.41 Å². The Bertz CT molecular complexity index is 2200.